The van der Waals surface area contributed by atoms with Gasteiger partial charge in [-0.1, -0.05) is 17.9 Å². The summed E-state index contributed by atoms with van der Waals surface area (Å²) in [5.41, 5.74) is 0.162. The van der Waals surface area contributed by atoms with Crippen LogP contribution >= 0.6 is 11.3 Å². The van der Waals surface area contributed by atoms with Gasteiger partial charge in [0.1, 0.15) is 16.2 Å². The first-order valence-electron chi connectivity index (χ1n) is 6.62. The van der Waals surface area contributed by atoms with Crippen molar-refractivity contribution in [2.24, 2.45) is 0 Å². The first-order chi connectivity index (χ1) is 11.0. The van der Waals surface area contributed by atoms with Gasteiger partial charge < -0.3 is 9.47 Å². The Morgan fingerprint density at radius 1 is 1.39 bits per heavy atom. The number of rotatable bonds is 3. The maximum Gasteiger partial charge on any atom is 0.283 e. The highest BCUT2D eigenvalue weighted by Crippen LogP contribution is 2.24. The van der Waals surface area contributed by atoms with Crippen LogP contribution in [-0.2, 0) is 0 Å². The van der Waals surface area contributed by atoms with Gasteiger partial charge in [0.2, 0.25) is 5.13 Å². The highest BCUT2D eigenvalue weighted by atomic mass is 32.1. The molecule has 0 unspecified atom stereocenters. The van der Waals surface area contributed by atoms with Gasteiger partial charge >= 0.3 is 0 Å². The molecule has 0 aliphatic carbocycles. The second kappa shape index (κ2) is 5.73. The monoisotopic (exact) mass is 330 g/mol. The molecule has 0 atom stereocenters. The molecule has 0 radical (unpaired) electrons. The predicted octanol–water partition coefficient (Wildman–Crippen LogP) is -0.204. The van der Waals surface area contributed by atoms with Crippen molar-refractivity contribution >= 4 is 24.0 Å². The molecule has 0 saturated heterocycles. The number of methoxy groups -OCH3 is 2. The molecule has 1 aromatic carbocycles. The number of aromatic amines is 1. The SMILES string of the molecule is C=c1[nH]n2c(=N)c(=Cc3cc(OC)ccc3OC)c(=O)nc-2s1. The Bertz CT molecular complexity index is 1060. The Morgan fingerprint density at radius 3 is 2.87 bits per heavy atom. The van der Waals surface area contributed by atoms with Crippen LogP contribution in [0.2, 0.25) is 0 Å². The number of hydrogen-bond acceptors (Lipinski definition) is 6. The number of hydrogen-bond donors (Lipinski definition) is 2. The summed E-state index contributed by atoms with van der Waals surface area (Å²) < 4.78 is 12.5. The third kappa shape index (κ3) is 2.64. The van der Waals surface area contributed by atoms with Crippen molar-refractivity contribution in [2.75, 3.05) is 14.2 Å². The van der Waals surface area contributed by atoms with Crippen LogP contribution in [0.4, 0.5) is 0 Å². The number of ether oxygens (including phenoxy) is 2. The number of benzene rings is 1. The van der Waals surface area contributed by atoms with Gasteiger partial charge in [0.25, 0.3) is 5.56 Å². The van der Waals surface area contributed by atoms with Gasteiger partial charge in [-0.3, -0.25) is 15.3 Å². The van der Waals surface area contributed by atoms with Crippen LogP contribution < -0.4 is 30.4 Å². The van der Waals surface area contributed by atoms with Crippen molar-refractivity contribution in [1.82, 2.24) is 14.8 Å². The summed E-state index contributed by atoms with van der Waals surface area (Å²) in [6, 6.07) is 5.23. The topological polar surface area (TPSA) is 93.0 Å². The highest BCUT2D eigenvalue weighted by Gasteiger charge is 2.10. The number of nitrogens with one attached hydrogen (secondary N) is 2. The molecule has 23 heavy (non-hydrogen) atoms. The molecular formula is C15H14N4O3S. The second-order valence-corrected chi connectivity index (χ2v) is 5.75. The zero-order chi connectivity index (χ0) is 16.6. The van der Waals surface area contributed by atoms with Crippen LogP contribution in [0.5, 0.6) is 11.5 Å². The molecule has 2 aliphatic rings. The third-order valence-corrected chi connectivity index (χ3v) is 4.08. The van der Waals surface area contributed by atoms with Gasteiger partial charge in [-0.2, -0.15) is 4.98 Å². The third-order valence-electron chi connectivity index (χ3n) is 3.29. The van der Waals surface area contributed by atoms with Gasteiger partial charge in [0.05, 0.1) is 19.4 Å². The maximum absolute atomic E-state index is 12.2. The first-order valence-corrected chi connectivity index (χ1v) is 7.44. The summed E-state index contributed by atoms with van der Waals surface area (Å²) >= 11 is 1.22. The first kappa shape index (κ1) is 15.0. The lowest BCUT2D eigenvalue weighted by atomic mass is 10.1. The number of aromatic nitrogens is 3. The lowest BCUT2D eigenvalue weighted by Gasteiger charge is -2.07. The van der Waals surface area contributed by atoms with Crippen LogP contribution in [0.15, 0.2) is 23.0 Å². The molecular weight excluding hydrogens is 316 g/mol. The molecule has 0 aromatic heterocycles. The van der Waals surface area contributed by atoms with E-state index < -0.39 is 5.56 Å². The fourth-order valence-electron chi connectivity index (χ4n) is 2.18. The van der Waals surface area contributed by atoms with Crippen LogP contribution in [0.3, 0.4) is 0 Å². The molecule has 8 heteroatoms. The summed E-state index contributed by atoms with van der Waals surface area (Å²) in [7, 11) is 3.09. The summed E-state index contributed by atoms with van der Waals surface area (Å²) in [5, 5.41) is 11.7. The number of nitrogens with zero attached hydrogens (tertiary/aromatic N) is 2. The summed E-state index contributed by atoms with van der Waals surface area (Å²) in [5.74, 6) is 1.20. The molecule has 1 aromatic rings. The number of fused-ring (bicyclic) bond motifs is 1. The van der Waals surface area contributed by atoms with Crippen molar-refractivity contribution in [3.8, 4) is 16.6 Å². The fourth-order valence-corrected chi connectivity index (χ4v) is 2.90. The predicted molar refractivity (Wildman–Crippen MR) is 87.0 cm³/mol. The molecule has 0 amide bonds. The largest absolute Gasteiger partial charge is 0.497 e. The van der Waals surface area contributed by atoms with E-state index in [1.165, 1.54) is 23.1 Å². The van der Waals surface area contributed by atoms with E-state index >= 15 is 0 Å². The van der Waals surface area contributed by atoms with E-state index in [2.05, 4.69) is 16.7 Å². The van der Waals surface area contributed by atoms with Gasteiger partial charge in [0, 0.05) is 5.56 Å². The van der Waals surface area contributed by atoms with E-state index in [4.69, 9.17) is 14.9 Å². The van der Waals surface area contributed by atoms with Gasteiger partial charge in [0.15, 0.2) is 5.49 Å². The molecule has 0 saturated carbocycles. The van der Waals surface area contributed by atoms with E-state index in [-0.39, 0.29) is 10.7 Å². The fraction of sp³-hybridized carbons (Fsp3) is 0.133. The van der Waals surface area contributed by atoms with E-state index in [0.29, 0.717) is 26.9 Å². The smallest absolute Gasteiger partial charge is 0.283 e. The molecule has 2 N–H and O–H groups in total. The Morgan fingerprint density at radius 2 is 2.17 bits per heavy atom. The normalized spacial score (nSPS) is 11.8. The molecule has 0 bridgehead atoms. The molecule has 2 aliphatic heterocycles. The van der Waals surface area contributed by atoms with E-state index in [9.17, 15) is 4.79 Å². The zero-order valence-electron chi connectivity index (χ0n) is 12.5. The molecule has 0 fully saturated rings. The molecule has 118 valence electrons. The Hall–Kier alpha value is -2.87. The van der Waals surface area contributed by atoms with Crippen LogP contribution in [0, 0.1) is 5.41 Å². The minimum atomic E-state index is -0.477. The van der Waals surface area contributed by atoms with Crippen LogP contribution in [-0.4, -0.2) is 29.0 Å². The Kier molecular flexibility index (Phi) is 3.75. The van der Waals surface area contributed by atoms with Gasteiger partial charge in [-0.05, 0) is 24.3 Å². The van der Waals surface area contributed by atoms with Crippen molar-refractivity contribution in [3.63, 3.8) is 0 Å². The van der Waals surface area contributed by atoms with Crippen molar-refractivity contribution in [2.45, 2.75) is 0 Å². The Balaban J connectivity index is 2.35. The van der Waals surface area contributed by atoms with Gasteiger partial charge in [-0.15, -0.1) is 0 Å². The van der Waals surface area contributed by atoms with Gasteiger partial charge in [-0.25, -0.2) is 4.68 Å². The molecule has 0 spiro atoms. The van der Waals surface area contributed by atoms with Crippen LogP contribution in [0.1, 0.15) is 5.56 Å². The Labute approximate surface area is 134 Å². The van der Waals surface area contributed by atoms with Crippen molar-refractivity contribution in [1.29, 1.82) is 5.41 Å². The van der Waals surface area contributed by atoms with E-state index in [0.717, 1.165) is 0 Å². The van der Waals surface area contributed by atoms with Crippen LogP contribution in [0.25, 0.3) is 17.8 Å². The highest BCUT2D eigenvalue weighted by molar-refractivity contribution is 7.11. The summed E-state index contributed by atoms with van der Waals surface area (Å²) in [6.45, 7) is 3.76. The van der Waals surface area contributed by atoms with E-state index in [1.807, 2.05) is 0 Å². The standard InChI is InChI=1S/C15H14N4O3S/c1-8-18-19-13(16)11(14(20)17-15(19)23-8)7-9-6-10(21-2)4-5-12(9)22-3/h4-7,16,18H,1H2,2-3H3. The second-order valence-electron chi connectivity index (χ2n) is 4.69. The summed E-state index contributed by atoms with van der Waals surface area (Å²) in [6.07, 6.45) is 1.57. The lowest BCUT2D eigenvalue weighted by Crippen LogP contribution is -2.47. The molecule has 3 rings (SSSR count). The molecule has 2 heterocycles. The quantitative estimate of drug-likeness (QED) is 0.695. The maximum atomic E-state index is 12.2. The average Bonchev–Trinajstić information content (AvgIpc) is 2.91. The minimum absolute atomic E-state index is 0.0102. The van der Waals surface area contributed by atoms with E-state index in [1.54, 1.807) is 31.4 Å². The minimum Gasteiger partial charge on any atom is -0.497 e. The summed E-state index contributed by atoms with van der Waals surface area (Å²) in [4.78, 5) is 16.2. The molecule has 7 nitrogen and oxygen atoms in total. The van der Waals surface area contributed by atoms with Crippen molar-refractivity contribution in [3.05, 3.63) is 49.5 Å². The lowest BCUT2D eigenvalue weighted by molar-refractivity contribution is 0.402. The zero-order valence-corrected chi connectivity index (χ0v) is 13.4. The number of H-pyrrole nitrogens is 1. The van der Waals surface area contributed by atoms with Crippen molar-refractivity contribution < 1.29 is 9.47 Å². The average molecular weight is 330 g/mol.